The first kappa shape index (κ1) is 24.2. The van der Waals surface area contributed by atoms with Crippen LogP contribution in [-0.4, -0.2) is 52.8 Å². The maximum Gasteiger partial charge on any atom is 0.241 e. The van der Waals surface area contributed by atoms with Gasteiger partial charge in [0.2, 0.25) is 5.91 Å². The SMILES string of the molecule is NC(=O)C1c2ccc3sc(Cl)cc3c2CON1[C@H](CN1CCCC1)[C@H](O)c1ccc(OC2CC2)cc1. The molecule has 3 aromatic rings. The second kappa shape index (κ2) is 9.93. The molecule has 2 fully saturated rings. The summed E-state index contributed by atoms with van der Waals surface area (Å²) in [5.74, 6) is 0.296. The smallest absolute Gasteiger partial charge is 0.241 e. The molecular weight excluding hydrogens is 498 g/mol. The lowest BCUT2D eigenvalue weighted by Gasteiger charge is -2.42. The molecule has 0 spiro atoms. The van der Waals surface area contributed by atoms with E-state index in [4.69, 9.17) is 26.9 Å². The van der Waals surface area contributed by atoms with Crippen LogP contribution in [0.3, 0.4) is 0 Å². The number of hydrogen-bond acceptors (Lipinski definition) is 7. The van der Waals surface area contributed by atoms with Crippen LogP contribution >= 0.6 is 22.9 Å². The average Bonchev–Trinajstić information content (AvgIpc) is 3.36. The van der Waals surface area contributed by atoms with E-state index in [1.54, 1.807) is 5.06 Å². The van der Waals surface area contributed by atoms with Crippen molar-refractivity contribution < 1.29 is 19.5 Å². The van der Waals surface area contributed by atoms with Crippen LogP contribution in [0.15, 0.2) is 42.5 Å². The molecule has 3 heterocycles. The van der Waals surface area contributed by atoms with Gasteiger partial charge in [0.05, 0.1) is 29.2 Å². The first-order chi connectivity index (χ1) is 17.5. The minimum atomic E-state index is -0.886. The highest BCUT2D eigenvalue weighted by Crippen LogP contribution is 2.42. The van der Waals surface area contributed by atoms with Crippen LogP contribution in [0, 0.1) is 0 Å². The molecule has 190 valence electrons. The number of thiophene rings is 1. The van der Waals surface area contributed by atoms with Crippen LogP contribution in [-0.2, 0) is 16.2 Å². The van der Waals surface area contributed by atoms with E-state index < -0.39 is 24.1 Å². The number of likely N-dealkylation sites (tertiary alicyclic amines) is 1. The maximum absolute atomic E-state index is 12.9. The lowest BCUT2D eigenvalue weighted by molar-refractivity contribution is -0.248. The number of nitrogens with zero attached hydrogens (tertiary/aromatic N) is 2. The Morgan fingerprint density at radius 3 is 2.64 bits per heavy atom. The molecule has 1 unspecified atom stereocenters. The van der Waals surface area contributed by atoms with Gasteiger partial charge in [-0.25, -0.2) is 0 Å². The normalized spacial score (nSPS) is 22.4. The number of halogens is 1. The summed E-state index contributed by atoms with van der Waals surface area (Å²) in [6.45, 7) is 2.75. The van der Waals surface area contributed by atoms with E-state index in [1.807, 2.05) is 42.5 Å². The van der Waals surface area contributed by atoms with Gasteiger partial charge in [0, 0.05) is 11.2 Å². The molecule has 7 nitrogen and oxygen atoms in total. The minimum absolute atomic E-state index is 0.279. The Morgan fingerprint density at radius 2 is 1.94 bits per heavy atom. The predicted octanol–water partition coefficient (Wildman–Crippen LogP) is 4.57. The quantitative estimate of drug-likeness (QED) is 0.446. The van der Waals surface area contributed by atoms with Gasteiger partial charge in [-0.3, -0.25) is 9.63 Å². The molecule has 3 aliphatic rings. The zero-order valence-electron chi connectivity index (χ0n) is 19.9. The Hall–Kier alpha value is -2.20. The second-order valence-electron chi connectivity index (χ2n) is 9.94. The van der Waals surface area contributed by atoms with Crippen molar-refractivity contribution in [1.29, 1.82) is 0 Å². The van der Waals surface area contributed by atoms with E-state index >= 15 is 0 Å². The second-order valence-corrected chi connectivity index (χ2v) is 11.7. The molecule has 2 aliphatic heterocycles. The van der Waals surface area contributed by atoms with Crippen LogP contribution in [0.5, 0.6) is 5.75 Å². The van der Waals surface area contributed by atoms with Crippen molar-refractivity contribution in [3.63, 3.8) is 0 Å². The zero-order valence-corrected chi connectivity index (χ0v) is 21.5. The van der Waals surface area contributed by atoms with Crippen molar-refractivity contribution in [1.82, 2.24) is 9.96 Å². The van der Waals surface area contributed by atoms with Gasteiger partial charge in [-0.15, -0.1) is 11.3 Å². The lowest BCUT2D eigenvalue weighted by atomic mass is 9.93. The third kappa shape index (κ3) is 4.74. The Morgan fingerprint density at radius 1 is 1.19 bits per heavy atom. The summed E-state index contributed by atoms with van der Waals surface area (Å²) >= 11 is 7.78. The van der Waals surface area contributed by atoms with Gasteiger partial charge in [0.1, 0.15) is 11.8 Å². The Kier molecular flexibility index (Phi) is 6.66. The first-order valence-corrected chi connectivity index (χ1v) is 13.8. The van der Waals surface area contributed by atoms with E-state index in [-0.39, 0.29) is 6.61 Å². The topological polar surface area (TPSA) is 88.3 Å². The number of aliphatic hydroxyl groups excluding tert-OH is 1. The van der Waals surface area contributed by atoms with E-state index in [2.05, 4.69) is 4.90 Å². The number of hydroxylamine groups is 2. The number of aliphatic hydroxyl groups is 1. The van der Waals surface area contributed by atoms with E-state index in [0.717, 1.165) is 71.3 Å². The molecule has 0 bridgehead atoms. The summed E-state index contributed by atoms with van der Waals surface area (Å²) in [6.07, 6.45) is 3.85. The van der Waals surface area contributed by atoms with Crippen molar-refractivity contribution in [3.8, 4) is 5.75 Å². The highest BCUT2D eigenvalue weighted by Gasteiger charge is 2.42. The van der Waals surface area contributed by atoms with Gasteiger partial charge >= 0.3 is 0 Å². The number of nitrogens with two attached hydrogens (primary N) is 1. The van der Waals surface area contributed by atoms with Crippen LogP contribution in [0.1, 0.15) is 54.5 Å². The van der Waals surface area contributed by atoms with E-state index in [9.17, 15) is 9.90 Å². The lowest BCUT2D eigenvalue weighted by Crippen LogP contribution is -2.52. The number of ether oxygens (including phenoxy) is 1. The van der Waals surface area contributed by atoms with Gasteiger partial charge in [0.15, 0.2) is 0 Å². The highest BCUT2D eigenvalue weighted by molar-refractivity contribution is 7.22. The molecule has 1 amide bonds. The molecule has 1 aliphatic carbocycles. The molecule has 3 N–H and O–H groups in total. The van der Waals surface area contributed by atoms with E-state index in [1.165, 1.54) is 11.3 Å². The largest absolute Gasteiger partial charge is 0.490 e. The number of hydrogen-bond donors (Lipinski definition) is 2. The number of carbonyl (C=O) groups is 1. The number of carbonyl (C=O) groups excluding carboxylic acids is 1. The molecule has 6 rings (SSSR count). The van der Waals surface area contributed by atoms with Crippen molar-refractivity contribution in [2.45, 2.75) is 56.6 Å². The summed E-state index contributed by atoms with van der Waals surface area (Å²) in [5, 5.41) is 14.3. The zero-order chi connectivity index (χ0) is 24.8. The number of amides is 1. The molecule has 1 aromatic heterocycles. The summed E-state index contributed by atoms with van der Waals surface area (Å²) in [4.78, 5) is 21.5. The fraction of sp³-hybridized carbons (Fsp3) is 0.444. The first-order valence-electron chi connectivity index (χ1n) is 12.6. The fourth-order valence-electron chi connectivity index (χ4n) is 5.38. The molecule has 0 radical (unpaired) electrons. The summed E-state index contributed by atoms with van der Waals surface area (Å²) in [6, 6.07) is 12.1. The maximum atomic E-state index is 12.9. The standard InChI is InChI=1S/C27H30ClN3O4S/c28-24-13-20-21-15-34-31(25(27(29)33)19(21)9-10-23(20)36-24)22(14-30-11-1-2-12-30)26(32)16-3-5-17(6-4-16)35-18-7-8-18/h3-6,9-10,13,18,22,25-26,32H,1-2,7-8,11-12,14-15H2,(H2,29,33)/t22-,25?,26-/m1/s1. The molecule has 36 heavy (non-hydrogen) atoms. The monoisotopic (exact) mass is 527 g/mol. The van der Waals surface area contributed by atoms with E-state index in [0.29, 0.717) is 17.0 Å². The number of fused-ring (bicyclic) bond motifs is 3. The molecule has 2 aromatic carbocycles. The van der Waals surface area contributed by atoms with Crippen molar-refractivity contribution in [2.75, 3.05) is 19.6 Å². The molecule has 1 saturated carbocycles. The summed E-state index contributed by atoms with van der Waals surface area (Å²) < 4.78 is 7.60. The summed E-state index contributed by atoms with van der Waals surface area (Å²) in [7, 11) is 0. The van der Waals surface area contributed by atoms with Crippen molar-refractivity contribution in [3.05, 3.63) is 63.5 Å². The average molecular weight is 528 g/mol. The van der Waals surface area contributed by atoms with Crippen molar-refractivity contribution in [2.24, 2.45) is 5.73 Å². The van der Waals surface area contributed by atoms with Crippen LogP contribution < -0.4 is 10.5 Å². The Balaban J connectivity index is 1.34. The minimum Gasteiger partial charge on any atom is -0.490 e. The molecule has 9 heteroatoms. The van der Waals surface area contributed by atoms with Gasteiger partial charge < -0.3 is 20.5 Å². The van der Waals surface area contributed by atoms with Gasteiger partial charge in [-0.05, 0) is 85.1 Å². The van der Waals surface area contributed by atoms with Crippen LogP contribution in [0.4, 0.5) is 0 Å². The fourth-order valence-corrected chi connectivity index (χ4v) is 6.56. The van der Waals surface area contributed by atoms with Gasteiger partial charge in [-0.2, -0.15) is 5.06 Å². The molecular formula is C27H30ClN3O4S. The van der Waals surface area contributed by atoms with Crippen molar-refractivity contribution >= 4 is 38.9 Å². The third-order valence-corrected chi connectivity index (χ3v) is 8.61. The van der Waals surface area contributed by atoms with Crippen LogP contribution in [0.2, 0.25) is 4.34 Å². The summed E-state index contributed by atoms with van der Waals surface area (Å²) in [5.41, 5.74) is 8.46. The number of primary amides is 1. The van der Waals surface area contributed by atoms with Gasteiger partial charge in [0.25, 0.3) is 0 Å². The Labute approximate surface area is 219 Å². The van der Waals surface area contributed by atoms with Gasteiger partial charge in [-0.1, -0.05) is 29.8 Å². The highest BCUT2D eigenvalue weighted by atomic mass is 35.5. The van der Waals surface area contributed by atoms with Crippen LogP contribution in [0.25, 0.3) is 10.1 Å². The predicted molar refractivity (Wildman–Crippen MR) is 140 cm³/mol. The molecule has 1 saturated heterocycles. The molecule has 3 atom stereocenters. The Bertz CT molecular complexity index is 1260. The third-order valence-electron chi connectivity index (χ3n) is 7.38. The number of benzene rings is 2. The number of rotatable bonds is 8.